The molecule has 4 aromatic heterocycles. The van der Waals surface area contributed by atoms with Crippen molar-refractivity contribution in [3.8, 4) is 0 Å². The predicted octanol–water partition coefficient (Wildman–Crippen LogP) is -2.08. The maximum Gasteiger partial charge on any atom is 0.478 e. The van der Waals surface area contributed by atoms with Crippen molar-refractivity contribution in [2.75, 3.05) is 13.2 Å². The van der Waals surface area contributed by atoms with E-state index in [1.807, 2.05) is 0 Å². The summed E-state index contributed by atoms with van der Waals surface area (Å²) < 4.78 is 53.8. The molecular formula is C22H26N6O13P2. The molecule has 0 radical (unpaired) electrons. The molecule has 2 fully saturated rings. The van der Waals surface area contributed by atoms with Gasteiger partial charge in [-0.15, -0.1) is 0 Å². The Morgan fingerprint density at radius 3 is 2.35 bits per heavy atom. The molecular weight excluding hydrogens is 618 g/mol. The first kappa shape index (κ1) is 30.3. The van der Waals surface area contributed by atoms with Crippen molar-refractivity contribution < 1.29 is 66.7 Å². The highest BCUT2D eigenvalue weighted by molar-refractivity contribution is 7.60. The van der Waals surface area contributed by atoms with E-state index in [9.17, 15) is 39.3 Å². The Bertz CT molecular complexity index is 1690. The Hall–Kier alpha value is -2.74. The van der Waals surface area contributed by atoms with Gasteiger partial charge in [-0.1, -0.05) is 6.07 Å². The number of aliphatic hydroxyl groups excluding tert-OH is 4. The first-order valence-corrected chi connectivity index (χ1v) is 15.7. The van der Waals surface area contributed by atoms with Crippen LogP contribution in [0.1, 0.15) is 12.5 Å². The van der Waals surface area contributed by atoms with Crippen LogP contribution in [-0.4, -0.2) is 99.1 Å². The van der Waals surface area contributed by atoms with E-state index in [0.717, 1.165) is 0 Å². The SMILES string of the molecule is O=P([O-])(OC[C@H]1O[C@@H]([n+]2ccccc2)[C@H](O)[C@@H]1O)OP(=O)(O)OC[C@H]1OC(n2cnc3c2ncn2ccnc32)[C@H](O)[C@@H]1O. The van der Waals surface area contributed by atoms with Crippen LogP contribution in [0.15, 0.2) is 55.6 Å². The molecule has 0 bridgehead atoms. The van der Waals surface area contributed by atoms with Gasteiger partial charge in [-0.25, -0.2) is 23.8 Å². The number of nitrogens with zero attached hydrogens (tertiary/aromatic N) is 6. The van der Waals surface area contributed by atoms with Gasteiger partial charge in [0.25, 0.3) is 14.1 Å². The summed E-state index contributed by atoms with van der Waals surface area (Å²) in [5, 5.41) is 41.6. The molecule has 6 rings (SSSR count). The molecule has 0 aromatic carbocycles. The maximum atomic E-state index is 12.4. The van der Waals surface area contributed by atoms with Gasteiger partial charge in [-0.3, -0.25) is 18.1 Å². The second kappa shape index (κ2) is 11.6. The van der Waals surface area contributed by atoms with Crippen LogP contribution in [0.2, 0.25) is 0 Å². The number of phosphoric acid groups is 2. The molecule has 232 valence electrons. The highest BCUT2D eigenvalue weighted by Crippen LogP contribution is 2.58. The molecule has 5 N–H and O–H groups in total. The zero-order chi connectivity index (χ0) is 30.5. The van der Waals surface area contributed by atoms with Crippen molar-refractivity contribution >= 4 is 32.5 Å². The number of hydrogen-bond donors (Lipinski definition) is 5. The van der Waals surface area contributed by atoms with Crippen molar-refractivity contribution in [1.29, 1.82) is 0 Å². The van der Waals surface area contributed by atoms with E-state index in [2.05, 4.69) is 23.8 Å². The van der Waals surface area contributed by atoms with E-state index < -0.39 is 77.9 Å². The minimum atomic E-state index is -5.54. The summed E-state index contributed by atoms with van der Waals surface area (Å²) in [6, 6.07) is 5.01. The van der Waals surface area contributed by atoms with E-state index in [1.54, 1.807) is 47.4 Å². The lowest BCUT2D eigenvalue weighted by atomic mass is 10.1. The molecule has 0 aliphatic carbocycles. The van der Waals surface area contributed by atoms with Crippen LogP contribution in [0, 0.1) is 0 Å². The number of imidazole rings is 2. The van der Waals surface area contributed by atoms with Crippen LogP contribution >= 0.6 is 15.6 Å². The van der Waals surface area contributed by atoms with Gasteiger partial charge in [-0.2, -0.15) is 4.57 Å². The van der Waals surface area contributed by atoms with Crippen molar-refractivity contribution in [2.24, 2.45) is 0 Å². The molecule has 2 saturated heterocycles. The fourth-order valence-corrected chi connectivity index (χ4v) is 6.88. The minimum absolute atomic E-state index is 0.273. The first-order chi connectivity index (χ1) is 20.4. The summed E-state index contributed by atoms with van der Waals surface area (Å²) in [6.45, 7) is -1.74. The zero-order valence-corrected chi connectivity index (χ0v) is 23.6. The number of pyridine rings is 1. The van der Waals surface area contributed by atoms with Crippen molar-refractivity contribution in [3.63, 3.8) is 0 Å². The van der Waals surface area contributed by atoms with E-state index in [1.165, 1.54) is 21.8 Å². The van der Waals surface area contributed by atoms with Crippen molar-refractivity contribution in [1.82, 2.24) is 23.9 Å². The van der Waals surface area contributed by atoms with Crippen LogP contribution in [0.3, 0.4) is 0 Å². The largest absolute Gasteiger partial charge is 0.756 e. The van der Waals surface area contributed by atoms with Crippen molar-refractivity contribution in [2.45, 2.75) is 49.1 Å². The lowest BCUT2D eigenvalue weighted by Gasteiger charge is -2.26. The normalized spacial score (nSPS) is 32.3. The van der Waals surface area contributed by atoms with Gasteiger partial charge in [0.15, 0.2) is 41.5 Å². The number of aromatic nitrogens is 6. The third kappa shape index (κ3) is 6.01. The summed E-state index contributed by atoms with van der Waals surface area (Å²) in [4.78, 5) is 35.0. The van der Waals surface area contributed by atoms with Gasteiger partial charge in [0.2, 0.25) is 0 Å². The first-order valence-electron chi connectivity index (χ1n) is 12.7. The molecule has 0 spiro atoms. The third-order valence-electron chi connectivity index (χ3n) is 6.94. The molecule has 2 aliphatic rings. The number of rotatable bonds is 10. The fraction of sp³-hybridized carbons (Fsp3) is 0.455. The van der Waals surface area contributed by atoms with Crippen LogP contribution in [0.25, 0.3) is 16.8 Å². The summed E-state index contributed by atoms with van der Waals surface area (Å²) in [5.74, 6) is 0. The summed E-state index contributed by atoms with van der Waals surface area (Å²) >= 11 is 0. The topological polar surface area (TPSA) is 256 Å². The summed E-state index contributed by atoms with van der Waals surface area (Å²) in [7, 11) is -10.9. The standard InChI is InChI=1S/C22H26N6O13P2/c29-15-12(39-21(17(15)31)26-5-2-1-3-6-26)8-37-42(33,34)41-43(35,36)38-9-13-16(30)18(32)22(40-13)28-11-24-14-19-23-4-7-27(19)10-25-20(14)28/h1-7,10-13,15-18,21-22,29-32H,8-9H2,(H-,33,34,35,36)/t12-,13-,15-,16-,17-,18-,21-,22?/m1/s1. The highest BCUT2D eigenvalue weighted by atomic mass is 31.3. The Kier molecular flexibility index (Phi) is 8.20. The highest BCUT2D eigenvalue weighted by Gasteiger charge is 2.49. The van der Waals surface area contributed by atoms with Gasteiger partial charge < -0.3 is 44.2 Å². The molecule has 21 heteroatoms. The minimum Gasteiger partial charge on any atom is -0.756 e. The molecule has 0 saturated carbocycles. The third-order valence-corrected chi connectivity index (χ3v) is 9.50. The van der Waals surface area contributed by atoms with Crippen molar-refractivity contribution in [3.05, 3.63) is 55.6 Å². The lowest BCUT2D eigenvalue weighted by Crippen LogP contribution is -2.45. The Morgan fingerprint density at radius 1 is 0.884 bits per heavy atom. The maximum absolute atomic E-state index is 12.4. The number of hydrogen-bond acceptors (Lipinski definition) is 15. The second-order valence-corrected chi connectivity index (χ2v) is 12.7. The Balaban J connectivity index is 1.05. The molecule has 2 aliphatic heterocycles. The Morgan fingerprint density at radius 2 is 1.58 bits per heavy atom. The predicted molar refractivity (Wildman–Crippen MR) is 135 cm³/mol. The molecule has 10 atom stereocenters. The number of fused-ring (bicyclic) bond motifs is 3. The van der Waals surface area contributed by atoms with Gasteiger partial charge in [0.05, 0.1) is 19.5 Å². The average molecular weight is 644 g/mol. The number of ether oxygens (including phenoxy) is 2. The fourth-order valence-electron chi connectivity index (χ4n) is 4.83. The van der Waals surface area contributed by atoms with E-state index >= 15 is 0 Å². The molecule has 0 amide bonds. The number of phosphoric ester groups is 2. The van der Waals surface area contributed by atoms with E-state index in [-0.39, 0.29) is 5.65 Å². The molecule has 3 unspecified atom stereocenters. The zero-order valence-electron chi connectivity index (χ0n) is 21.8. The lowest BCUT2D eigenvalue weighted by molar-refractivity contribution is -0.765. The molecule has 19 nitrogen and oxygen atoms in total. The van der Waals surface area contributed by atoms with Gasteiger partial charge >= 0.3 is 7.82 Å². The van der Waals surface area contributed by atoms with Crippen LogP contribution in [0.4, 0.5) is 0 Å². The summed E-state index contributed by atoms with van der Waals surface area (Å²) in [5.41, 5.74) is 1.14. The van der Waals surface area contributed by atoms with Gasteiger partial charge in [0.1, 0.15) is 36.8 Å². The quantitative estimate of drug-likeness (QED) is 0.0917. The molecule has 43 heavy (non-hydrogen) atoms. The van der Waals surface area contributed by atoms with Crippen LogP contribution < -0.4 is 9.46 Å². The summed E-state index contributed by atoms with van der Waals surface area (Å²) in [6.07, 6.45) is -2.09. The van der Waals surface area contributed by atoms with E-state index in [4.69, 9.17) is 14.0 Å². The van der Waals surface area contributed by atoms with Gasteiger partial charge in [0, 0.05) is 24.5 Å². The van der Waals surface area contributed by atoms with Gasteiger partial charge in [-0.05, 0) is 0 Å². The van der Waals surface area contributed by atoms with Crippen LogP contribution in [-0.2, 0) is 32.0 Å². The molecule has 4 aromatic rings. The Labute approximate surface area is 241 Å². The smallest absolute Gasteiger partial charge is 0.478 e. The molecule has 6 heterocycles. The number of aliphatic hydroxyl groups is 4. The van der Waals surface area contributed by atoms with E-state index in [0.29, 0.717) is 11.2 Å². The monoisotopic (exact) mass is 644 g/mol. The van der Waals surface area contributed by atoms with Crippen LogP contribution in [0.5, 0.6) is 0 Å². The average Bonchev–Trinajstić information content (AvgIpc) is 3.73. The second-order valence-electron chi connectivity index (χ2n) is 9.73.